The molecule has 6 nitrogen and oxygen atoms in total. The summed E-state index contributed by atoms with van der Waals surface area (Å²) in [4.78, 5) is 15.7. The largest absolute Gasteiger partial charge is 0.488 e. The number of carbonyl (C=O) groups is 1. The van der Waals surface area contributed by atoms with Crippen molar-refractivity contribution in [3.63, 3.8) is 0 Å². The number of oxazole rings is 1. The Bertz CT molecular complexity index is 644. The van der Waals surface area contributed by atoms with Crippen molar-refractivity contribution in [1.29, 1.82) is 0 Å². The molecule has 0 radical (unpaired) electrons. The highest BCUT2D eigenvalue weighted by atomic mass is 16.4. The molecule has 23 heavy (non-hydrogen) atoms. The summed E-state index contributed by atoms with van der Waals surface area (Å²) in [5.41, 5.74) is 1.78. The summed E-state index contributed by atoms with van der Waals surface area (Å²) in [5.74, 6) is 0.848. The lowest BCUT2D eigenvalue weighted by atomic mass is 9.78. The van der Waals surface area contributed by atoms with E-state index < -0.39 is 7.12 Å². The van der Waals surface area contributed by atoms with Gasteiger partial charge in [0.2, 0.25) is 5.91 Å². The zero-order valence-electron chi connectivity index (χ0n) is 13.3. The molecule has 1 unspecified atom stereocenters. The number of carbonyl (C=O) groups excluding carboxylic acids is 1. The Balaban J connectivity index is 2.13. The smallest absolute Gasteiger partial charge is 0.444 e. The monoisotopic (exact) mass is 316 g/mol. The number of nitrogens with one attached hydrogen (secondary N) is 1. The Morgan fingerprint density at radius 2 is 2.17 bits per heavy atom. The van der Waals surface area contributed by atoms with Crippen LogP contribution in [0.4, 0.5) is 0 Å². The number of benzene rings is 1. The summed E-state index contributed by atoms with van der Waals surface area (Å²) >= 11 is 0. The Hall–Kier alpha value is -2.12. The second-order valence-corrected chi connectivity index (χ2v) is 5.70. The first-order chi connectivity index (χ1) is 11.0. The topological polar surface area (TPSA) is 95.6 Å². The molecule has 0 aliphatic carbocycles. The van der Waals surface area contributed by atoms with Gasteiger partial charge in [0.05, 0.1) is 6.20 Å². The Kier molecular flexibility index (Phi) is 5.95. The molecule has 0 saturated heterocycles. The Morgan fingerprint density at radius 3 is 2.78 bits per heavy atom. The second-order valence-electron chi connectivity index (χ2n) is 5.70. The van der Waals surface area contributed by atoms with Crippen LogP contribution in [-0.2, 0) is 11.3 Å². The molecular formula is C16H21BN2O4. The maximum absolute atomic E-state index is 11.9. The summed E-state index contributed by atoms with van der Waals surface area (Å²) in [6.07, 6.45) is 4.29. The van der Waals surface area contributed by atoms with E-state index in [0.717, 1.165) is 12.0 Å². The van der Waals surface area contributed by atoms with Crippen LogP contribution in [0.15, 0.2) is 35.2 Å². The van der Waals surface area contributed by atoms with Gasteiger partial charge in [0.1, 0.15) is 0 Å². The maximum atomic E-state index is 11.9. The van der Waals surface area contributed by atoms with Crippen molar-refractivity contribution in [3.05, 3.63) is 36.4 Å². The molecule has 1 amide bonds. The minimum Gasteiger partial charge on any atom is -0.444 e. The highest BCUT2D eigenvalue weighted by Gasteiger charge is 2.15. The molecule has 0 fully saturated rings. The van der Waals surface area contributed by atoms with Crippen molar-refractivity contribution in [2.75, 3.05) is 0 Å². The lowest BCUT2D eigenvalue weighted by molar-refractivity contribution is -0.122. The van der Waals surface area contributed by atoms with Crippen LogP contribution in [0.5, 0.6) is 0 Å². The van der Waals surface area contributed by atoms with Crippen LogP contribution in [0.25, 0.3) is 11.3 Å². The van der Waals surface area contributed by atoms with Crippen molar-refractivity contribution < 1.29 is 19.3 Å². The molecule has 1 heterocycles. The molecular weight excluding hydrogens is 295 g/mol. The number of hydrogen-bond donors (Lipinski definition) is 3. The van der Waals surface area contributed by atoms with E-state index in [0.29, 0.717) is 35.7 Å². The van der Waals surface area contributed by atoms with Gasteiger partial charge in [0.15, 0.2) is 12.2 Å². The minimum atomic E-state index is -1.59. The van der Waals surface area contributed by atoms with Crippen LogP contribution >= 0.6 is 0 Å². The molecule has 2 rings (SSSR count). The highest BCUT2D eigenvalue weighted by molar-refractivity contribution is 6.58. The van der Waals surface area contributed by atoms with Gasteiger partial charge in [-0.25, -0.2) is 4.98 Å². The first-order valence-electron chi connectivity index (χ1n) is 7.65. The van der Waals surface area contributed by atoms with Gasteiger partial charge in [-0.15, -0.1) is 0 Å². The van der Waals surface area contributed by atoms with Crippen LogP contribution in [0.3, 0.4) is 0 Å². The molecule has 3 N–H and O–H groups in total. The van der Waals surface area contributed by atoms with Gasteiger partial charge in [0.25, 0.3) is 0 Å². The summed E-state index contributed by atoms with van der Waals surface area (Å²) < 4.78 is 5.24. The van der Waals surface area contributed by atoms with Crippen LogP contribution in [0.1, 0.15) is 32.3 Å². The van der Waals surface area contributed by atoms with Gasteiger partial charge in [-0.1, -0.05) is 32.4 Å². The molecule has 0 aliphatic rings. The fraction of sp³-hybridized carbons (Fsp3) is 0.375. The molecule has 0 saturated carbocycles. The van der Waals surface area contributed by atoms with E-state index in [1.807, 2.05) is 19.9 Å². The molecule has 0 bridgehead atoms. The summed E-state index contributed by atoms with van der Waals surface area (Å²) in [5, 5.41) is 21.7. The number of hydrogen-bond acceptors (Lipinski definition) is 5. The predicted molar refractivity (Wildman–Crippen MR) is 87.7 cm³/mol. The second kappa shape index (κ2) is 7.94. The first kappa shape index (κ1) is 17.2. The number of nitrogens with zero attached hydrogens (tertiary/aromatic N) is 1. The summed E-state index contributed by atoms with van der Waals surface area (Å²) in [7, 11) is -1.59. The average molecular weight is 316 g/mol. The Morgan fingerprint density at radius 1 is 1.39 bits per heavy atom. The fourth-order valence-corrected chi connectivity index (χ4v) is 2.20. The van der Waals surface area contributed by atoms with Gasteiger partial charge >= 0.3 is 7.12 Å². The van der Waals surface area contributed by atoms with Crippen molar-refractivity contribution >= 4 is 18.5 Å². The molecule has 1 atom stereocenters. The summed E-state index contributed by atoms with van der Waals surface area (Å²) in [6.45, 7) is 4.40. The zero-order chi connectivity index (χ0) is 16.8. The first-order valence-corrected chi connectivity index (χ1v) is 7.65. The van der Waals surface area contributed by atoms with Gasteiger partial charge in [-0.05, 0) is 23.0 Å². The molecule has 2 aromatic rings. The lowest BCUT2D eigenvalue weighted by Crippen LogP contribution is -2.31. The number of rotatable bonds is 7. The van der Waals surface area contributed by atoms with Crippen molar-refractivity contribution in [1.82, 2.24) is 10.3 Å². The third-order valence-electron chi connectivity index (χ3n) is 3.75. The van der Waals surface area contributed by atoms with E-state index in [2.05, 4.69) is 10.3 Å². The lowest BCUT2D eigenvalue weighted by Gasteiger charge is -2.11. The van der Waals surface area contributed by atoms with E-state index in [9.17, 15) is 14.8 Å². The molecule has 0 aliphatic heterocycles. The van der Waals surface area contributed by atoms with Gasteiger partial charge in [-0.3, -0.25) is 4.79 Å². The van der Waals surface area contributed by atoms with E-state index in [1.165, 1.54) is 6.39 Å². The van der Waals surface area contributed by atoms with Crippen LogP contribution in [-0.4, -0.2) is 28.1 Å². The maximum Gasteiger partial charge on any atom is 0.488 e. The summed E-state index contributed by atoms with van der Waals surface area (Å²) in [6, 6.07) is 5.10. The Labute approximate surface area is 135 Å². The van der Waals surface area contributed by atoms with Crippen molar-refractivity contribution in [2.24, 2.45) is 5.92 Å². The van der Waals surface area contributed by atoms with Crippen LogP contribution in [0, 0.1) is 5.92 Å². The normalized spacial score (nSPS) is 12.0. The molecule has 122 valence electrons. The number of amides is 1. The van der Waals surface area contributed by atoms with E-state index in [4.69, 9.17) is 4.42 Å². The molecule has 0 spiro atoms. The molecule has 7 heteroatoms. The van der Waals surface area contributed by atoms with Gasteiger partial charge < -0.3 is 19.8 Å². The fourth-order valence-electron chi connectivity index (χ4n) is 2.20. The van der Waals surface area contributed by atoms with Crippen molar-refractivity contribution in [2.45, 2.75) is 33.2 Å². The van der Waals surface area contributed by atoms with Gasteiger partial charge in [-0.2, -0.15) is 0 Å². The average Bonchev–Trinajstić information content (AvgIpc) is 3.07. The quantitative estimate of drug-likeness (QED) is 0.664. The molecule has 1 aromatic carbocycles. The van der Waals surface area contributed by atoms with Crippen LogP contribution in [0.2, 0.25) is 0 Å². The highest BCUT2D eigenvalue weighted by Crippen LogP contribution is 2.19. The zero-order valence-corrected chi connectivity index (χ0v) is 13.3. The van der Waals surface area contributed by atoms with E-state index in [1.54, 1.807) is 18.3 Å². The third-order valence-corrected chi connectivity index (χ3v) is 3.75. The molecule has 1 aromatic heterocycles. The number of aromatic nitrogens is 1. The SMILES string of the molecule is CCC(C)CC(=O)NCc1cc(B(O)O)cc(-c2cnco2)c1. The predicted octanol–water partition coefficient (Wildman–Crippen LogP) is 1.07. The minimum absolute atomic E-state index is 0.0180. The third kappa shape index (κ3) is 4.94. The van der Waals surface area contributed by atoms with Crippen molar-refractivity contribution in [3.8, 4) is 11.3 Å². The standard InChI is InChI=1S/C16H21BN2O4/c1-3-11(2)4-16(20)19-8-12-5-13(15-9-18-10-23-15)7-14(6-12)17(21)22/h5-7,9-11,21-22H,3-4,8H2,1-2H3,(H,19,20). The van der Waals surface area contributed by atoms with E-state index in [-0.39, 0.29) is 5.91 Å². The van der Waals surface area contributed by atoms with Gasteiger partial charge in [0, 0.05) is 18.5 Å². The van der Waals surface area contributed by atoms with Crippen LogP contribution < -0.4 is 10.8 Å². The van der Waals surface area contributed by atoms with E-state index >= 15 is 0 Å².